The van der Waals surface area contributed by atoms with Gasteiger partial charge in [-0.2, -0.15) is 0 Å². The quantitative estimate of drug-likeness (QED) is 0.830. The summed E-state index contributed by atoms with van der Waals surface area (Å²) in [5.74, 6) is 0.954. The topological polar surface area (TPSA) is 15.3 Å². The highest BCUT2D eigenvalue weighted by atomic mass is 15.1. The van der Waals surface area contributed by atoms with Gasteiger partial charge in [-0.3, -0.25) is 0 Å². The molecule has 1 N–H and O–H groups in total. The zero-order valence-corrected chi connectivity index (χ0v) is 13.2. The van der Waals surface area contributed by atoms with Crippen molar-refractivity contribution in [1.29, 1.82) is 0 Å². The molecule has 0 bridgehead atoms. The Balaban J connectivity index is 1.83. The molecule has 2 aromatic carbocycles. The summed E-state index contributed by atoms with van der Waals surface area (Å²) in [7, 11) is 2.08. The molecule has 0 amide bonds. The Morgan fingerprint density at radius 3 is 2.62 bits per heavy atom. The Labute approximate surface area is 128 Å². The van der Waals surface area contributed by atoms with Gasteiger partial charge in [0.2, 0.25) is 0 Å². The van der Waals surface area contributed by atoms with Gasteiger partial charge < -0.3 is 10.2 Å². The van der Waals surface area contributed by atoms with Crippen LogP contribution >= 0.6 is 0 Å². The fourth-order valence-corrected chi connectivity index (χ4v) is 3.16. The Morgan fingerprint density at radius 2 is 1.90 bits per heavy atom. The predicted molar refractivity (Wildman–Crippen MR) is 90.6 cm³/mol. The first-order valence-corrected chi connectivity index (χ1v) is 8.19. The maximum atomic E-state index is 3.53. The SMILES string of the molecule is CCN(CC1CC1)CC(NC)c1cccc2ccccc12. The van der Waals surface area contributed by atoms with Crippen molar-refractivity contribution in [3.63, 3.8) is 0 Å². The third kappa shape index (κ3) is 3.45. The van der Waals surface area contributed by atoms with Gasteiger partial charge in [0.15, 0.2) is 0 Å². The van der Waals surface area contributed by atoms with Crippen LogP contribution < -0.4 is 5.32 Å². The minimum Gasteiger partial charge on any atom is -0.312 e. The average Bonchev–Trinajstić information content (AvgIpc) is 3.35. The van der Waals surface area contributed by atoms with Crippen LogP contribution in [0, 0.1) is 5.92 Å². The Hall–Kier alpha value is -1.38. The molecule has 0 heterocycles. The van der Waals surface area contributed by atoms with E-state index < -0.39 is 0 Å². The summed E-state index contributed by atoms with van der Waals surface area (Å²) in [6.45, 7) is 5.77. The van der Waals surface area contributed by atoms with E-state index in [0.29, 0.717) is 6.04 Å². The second kappa shape index (κ2) is 6.59. The van der Waals surface area contributed by atoms with Crippen LogP contribution in [0.1, 0.15) is 31.4 Å². The molecule has 1 aliphatic rings. The number of nitrogens with one attached hydrogen (secondary N) is 1. The average molecular weight is 282 g/mol. The number of benzene rings is 2. The van der Waals surface area contributed by atoms with Gasteiger partial charge in [-0.05, 0) is 48.7 Å². The van der Waals surface area contributed by atoms with Crippen LogP contribution in [0.3, 0.4) is 0 Å². The molecule has 112 valence electrons. The van der Waals surface area contributed by atoms with Crippen LogP contribution in [0.2, 0.25) is 0 Å². The second-order valence-corrected chi connectivity index (χ2v) is 6.21. The lowest BCUT2D eigenvalue weighted by molar-refractivity contribution is 0.249. The summed E-state index contributed by atoms with van der Waals surface area (Å²) in [4.78, 5) is 2.60. The maximum absolute atomic E-state index is 3.53. The summed E-state index contributed by atoms with van der Waals surface area (Å²) in [6.07, 6.45) is 2.85. The van der Waals surface area contributed by atoms with Crippen LogP contribution in [0.25, 0.3) is 10.8 Å². The molecule has 1 atom stereocenters. The first-order chi connectivity index (χ1) is 10.3. The monoisotopic (exact) mass is 282 g/mol. The van der Waals surface area contributed by atoms with E-state index in [1.165, 1.54) is 35.7 Å². The fraction of sp³-hybridized carbons (Fsp3) is 0.474. The molecule has 1 unspecified atom stereocenters. The molecule has 0 aliphatic heterocycles. The zero-order valence-electron chi connectivity index (χ0n) is 13.2. The van der Waals surface area contributed by atoms with Gasteiger partial charge in [0.25, 0.3) is 0 Å². The molecule has 2 aromatic rings. The molecule has 0 aromatic heterocycles. The number of nitrogens with zero attached hydrogens (tertiary/aromatic N) is 1. The van der Waals surface area contributed by atoms with Crippen LogP contribution in [-0.4, -0.2) is 31.6 Å². The molecular formula is C19H26N2. The molecule has 0 spiro atoms. The number of fused-ring (bicyclic) bond motifs is 1. The van der Waals surface area contributed by atoms with Gasteiger partial charge in [0.1, 0.15) is 0 Å². The minimum absolute atomic E-state index is 0.398. The lowest BCUT2D eigenvalue weighted by Crippen LogP contribution is -2.35. The number of rotatable bonds is 7. The van der Waals surface area contributed by atoms with E-state index in [0.717, 1.165) is 19.0 Å². The number of likely N-dealkylation sites (N-methyl/N-ethyl adjacent to an activating group) is 2. The molecule has 0 radical (unpaired) electrons. The lowest BCUT2D eigenvalue weighted by atomic mass is 9.98. The van der Waals surface area contributed by atoms with Crippen molar-refractivity contribution in [3.8, 4) is 0 Å². The van der Waals surface area contributed by atoms with Gasteiger partial charge in [0, 0.05) is 19.1 Å². The molecule has 3 rings (SSSR count). The second-order valence-electron chi connectivity index (χ2n) is 6.21. The van der Waals surface area contributed by atoms with E-state index in [2.05, 4.69) is 66.7 Å². The summed E-state index contributed by atoms with van der Waals surface area (Å²) in [5.41, 5.74) is 1.42. The van der Waals surface area contributed by atoms with Crippen molar-refractivity contribution in [1.82, 2.24) is 10.2 Å². The van der Waals surface area contributed by atoms with Gasteiger partial charge >= 0.3 is 0 Å². The Morgan fingerprint density at radius 1 is 1.14 bits per heavy atom. The highest BCUT2D eigenvalue weighted by Crippen LogP contribution is 2.31. The molecule has 0 saturated heterocycles. The maximum Gasteiger partial charge on any atom is 0.0453 e. The smallest absolute Gasteiger partial charge is 0.0453 e. The molecule has 21 heavy (non-hydrogen) atoms. The number of hydrogen-bond acceptors (Lipinski definition) is 2. The van der Waals surface area contributed by atoms with Crippen molar-refractivity contribution < 1.29 is 0 Å². The van der Waals surface area contributed by atoms with Crippen molar-refractivity contribution in [2.24, 2.45) is 5.92 Å². The first kappa shape index (κ1) is 14.6. The lowest BCUT2D eigenvalue weighted by Gasteiger charge is -2.27. The van der Waals surface area contributed by atoms with E-state index in [1.54, 1.807) is 0 Å². The van der Waals surface area contributed by atoms with Gasteiger partial charge in [0.05, 0.1) is 0 Å². The third-order valence-corrected chi connectivity index (χ3v) is 4.65. The molecule has 1 aliphatic carbocycles. The summed E-state index contributed by atoms with van der Waals surface area (Å²) >= 11 is 0. The summed E-state index contributed by atoms with van der Waals surface area (Å²) in [6, 6.07) is 15.8. The Bertz CT molecular complexity index is 584. The third-order valence-electron chi connectivity index (χ3n) is 4.65. The van der Waals surface area contributed by atoms with E-state index in [9.17, 15) is 0 Å². The van der Waals surface area contributed by atoms with Crippen LogP contribution in [0.4, 0.5) is 0 Å². The Kier molecular flexibility index (Phi) is 4.57. The highest BCUT2D eigenvalue weighted by molar-refractivity contribution is 5.86. The van der Waals surface area contributed by atoms with Crippen LogP contribution in [-0.2, 0) is 0 Å². The molecule has 2 nitrogen and oxygen atoms in total. The van der Waals surface area contributed by atoms with E-state index in [1.807, 2.05) is 0 Å². The normalized spacial score (nSPS) is 16.5. The summed E-state index contributed by atoms with van der Waals surface area (Å²) in [5, 5.41) is 6.24. The standard InChI is InChI=1S/C19H26N2/c1-3-21(13-15-11-12-15)14-19(20-2)18-10-6-8-16-7-4-5-9-17(16)18/h4-10,15,19-20H,3,11-14H2,1-2H3. The zero-order chi connectivity index (χ0) is 14.7. The highest BCUT2D eigenvalue weighted by Gasteiger charge is 2.25. The molecule has 1 fully saturated rings. The van der Waals surface area contributed by atoms with E-state index >= 15 is 0 Å². The largest absolute Gasteiger partial charge is 0.312 e. The predicted octanol–water partition coefficient (Wildman–Crippen LogP) is 3.83. The van der Waals surface area contributed by atoms with Crippen molar-refractivity contribution in [2.45, 2.75) is 25.8 Å². The fourth-order valence-electron chi connectivity index (χ4n) is 3.16. The minimum atomic E-state index is 0.398. The van der Waals surface area contributed by atoms with Crippen LogP contribution in [0.5, 0.6) is 0 Å². The molecule has 1 saturated carbocycles. The van der Waals surface area contributed by atoms with E-state index in [-0.39, 0.29) is 0 Å². The number of hydrogen-bond donors (Lipinski definition) is 1. The first-order valence-electron chi connectivity index (χ1n) is 8.19. The molecular weight excluding hydrogens is 256 g/mol. The van der Waals surface area contributed by atoms with Gasteiger partial charge in [-0.25, -0.2) is 0 Å². The van der Waals surface area contributed by atoms with Crippen molar-refractivity contribution in [2.75, 3.05) is 26.7 Å². The summed E-state index contributed by atoms with van der Waals surface area (Å²) < 4.78 is 0. The van der Waals surface area contributed by atoms with Gasteiger partial charge in [-0.1, -0.05) is 49.4 Å². The van der Waals surface area contributed by atoms with Crippen molar-refractivity contribution >= 4 is 10.8 Å². The van der Waals surface area contributed by atoms with Crippen LogP contribution in [0.15, 0.2) is 42.5 Å². The molecule has 2 heteroatoms. The van der Waals surface area contributed by atoms with Crippen molar-refractivity contribution in [3.05, 3.63) is 48.0 Å². The van der Waals surface area contributed by atoms with Gasteiger partial charge in [-0.15, -0.1) is 0 Å². The van der Waals surface area contributed by atoms with E-state index in [4.69, 9.17) is 0 Å².